The second kappa shape index (κ2) is 6.48. The van der Waals surface area contributed by atoms with E-state index in [1.165, 1.54) is 19.1 Å². The molecule has 1 nitrogen and oxygen atoms in total. The van der Waals surface area contributed by atoms with E-state index < -0.39 is 0 Å². The Labute approximate surface area is 99.7 Å². The quantitative estimate of drug-likeness (QED) is 0.574. The number of ketones is 1. The fourth-order valence-corrected chi connectivity index (χ4v) is 2.01. The van der Waals surface area contributed by atoms with Gasteiger partial charge in [-0.15, -0.1) is 11.8 Å². The van der Waals surface area contributed by atoms with Crippen molar-refractivity contribution in [2.24, 2.45) is 5.92 Å². The second-order valence-electron chi connectivity index (χ2n) is 3.71. The molecule has 0 saturated heterocycles. The maximum atomic E-state index is 12.6. The summed E-state index contributed by atoms with van der Waals surface area (Å²) in [6.07, 6.45) is 3.49. The van der Waals surface area contributed by atoms with Crippen molar-refractivity contribution in [3.8, 4) is 0 Å². The van der Waals surface area contributed by atoms with Gasteiger partial charge in [-0.05, 0) is 43.2 Å². The van der Waals surface area contributed by atoms with Crippen LogP contribution in [0, 0.1) is 11.7 Å². The third-order valence-corrected chi connectivity index (χ3v) is 3.28. The van der Waals surface area contributed by atoms with Crippen LogP contribution in [0.2, 0.25) is 0 Å². The van der Waals surface area contributed by atoms with Crippen molar-refractivity contribution < 1.29 is 9.18 Å². The molecule has 0 aromatic heterocycles. The normalized spacial score (nSPS) is 12.9. The number of hydrogen-bond donors (Lipinski definition) is 0. The second-order valence-corrected chi connectivity index (χ2v) is 4.81. The van der Waals surface area contributed by atoms with Crippen molar-refractivity contribution >= 4 is 17.5 Å². The molecule has 3 heteroatoms. The number of rotatable bonds is 5. The lowest BCUT2D eigenvalue weighted by Crippen LogP contribution is -1.94. The molecule has 1 aromatic rings. The molecule has 0 radical (unpaired) electrons. The van der Waals surface area contributed by atoms with E-state index in [0.717, 1.165) is 10.6 Å². The summed E-state index contributed by atoms with van der Waals surface area (Å²) in [4.78, 5) is 11.8. The molecule has 0 fully saturated rings. The predicted octanol–water partition coefficient (Wildman–Crippen LogP) is 3.70. The zero-order valence-electron chi connectivity index (χ0n) is 9.44. The summed E-state index contributed by atoms with van der Waals surface area (Å²) in [6.45, 7) is 3.59. The average molecular weight is 238 g/mol. The van der Waals surface area contributed by atoms with Crippen molar-refractivity contribution in [2.75, 3.05) is 5.75 Å². The first kappa shape index (κ1) is 13.0. The molecule has 0 aliphatic rings. The van der Waals surface area contributed by atoms with Crippen LogP contribution in [-0.2, 0) is 4.79 Å². The molecular weight excluding hydrogens is 223 g/mol. The first-order valence-electron chi connectivity index (χ1n) is 5.15. The van der Waals surface area contributed by atoms with Gasteiger partial charge in [0.05, 0.1) is 0 Å². The third-order valence-electron chi connectivity index (χ3n) is 1.99. The number of benzene rings is 1. The highest BCUT2D eigenvalue weighted by Crippen LogP contribution is 2.21. The maximum absolute atomic E-state index is 12.6. The molecule has 0 bridgehead atoms. The van der Waals surface area contributed by atoms with E-state index >= 15 is 0 Å². The van der Waals surface area contributed by atoms with Crippen LogP contribution in [0.25, 0.3) is 0 Å². The van der Waals surface area contributed by atoms with Gasteiger partial charge < -0.3 is 0 Å². The third kappa shape index (κ3) is 5.12. The number of halogens is 1. The number of allylic oxidation sites excluding steroid dienone is 2. The summed E-state index contributed by atoms with van der Waals surface area (Å²) in [5, 5.41) is 0. The Bertz CT molecular complexity index is 370. The number of thioether (sulfide) groups is 1. The molecule has 16 heavy (non-hydrogen) atoms. The highest BCUT2D eigenvalue weighted by molar-refractivity contribution is 7.99. The van der Waals surface area contributed by atoms with Crippen LogP contribution in [0.5, 0.6) is 0 Å². The van der Waals surface area contributed by atoms with E-state index in [1.54, 1.807) is 30.0 Å². The van der Waals surface area contributed by atoms with Crippen LogP contribution in [0.3, 0.4) is 0 Å². The summed E-state index contributed by atoms with van der Waals surface area (Å²) < 4.78 is 12.6. The Morgan fingerprint density at radius 1 is 1.44 bits per heavy atom. The fraction of sp³-hybridized carbons (Fsp3) is 0.308. The van der Waals surface area contributed by atoms with E-state index in [9.17, 15) is 9.18 Å². The monoisotopic (exact) mass is 238 g/mol. The summed E-state index contributed by atoms with van der Waals surface area (Å²) >= 11 is 1.66. The van der Waals surface area contributed by atoms with Gasteiger partial charge in [0.15, 0.2) is 5.78 Å². The van der Waals surface area contributed by atoms with Gasteiger partial charge >= 0.3 is 0 Å². The van der Waals surface area contributed by atoms with Gasteiger partial charge in [-0.3, -0.25) is 4.79 Å². The van der Waals surface area contributed by atoms with Crippen molar-refractivity contribution in [3.63, 3.8) is 0 Å². The zero-order chi connectivity index (χ0) is 12.0. The Hall–Kier alpha value is -1.09. The van der Waals surface area contributed by atoms with Gasteiger partial charge in [0.1, 0.15) is 5.82 Å². The molecule has 0 spiro atoms. The minimum atomic E-state index is -0.214. The molecule has 0 aliphatic carbocycles. The molecule has 1 unspecified atom stereocenters. The van der Waals surface area contributed by atoms with Gasteiger partial charge in [0.25, 0.3) is 0 Å². The molecule has 1 rings (SSSR count). The lowest BCUT2D eigenvalue weighted by Gasteiger charge is -2.05. The SMILES string of the molecule is CC(=O)/C=C/C(C)CSc1ccc(F)cc1. The molecule has 0 aliphatic heterocycles. The summed E-state index contributed by atoms with van der Waals surface area (Å²) in [5.74, 6) is 1.07. The zero-order valence-corrected chi connectivity index (χ0v) is 10.3. The van der Waals surface area contributed by atoms with E-state index in [4.69, 9.17) is 0 Å². The average Bonchev–Trinajstić information content (AvgIpc) is 2.25. The minimum Gasteiger partial charge on any atom is -0.295 e. The van der Waals surface area contributed by atoms with Crippen LogP contribution in [-0.4, -0.2) is 11.5 Å². The largest absolute Gasteiger partial charge is 0.295 e. The Morgan fingerprint density at radius 2 is 2.06 bits per heavy atom. The van der Waals surface area contributed by atoms with Crippen molar-refractivity contribution in [1.82, 2.24) is 0 Å². The van der Waals surface area contributed by atoms with Gasteiger partial charge in [-0.2, -0.15) is 0 Å². The first-order valence-corrected chi connectivity index (χ1v) is 6.13. The number of carbonyl (C=O) groups is 1. The first-order chi connectivity index (χ1) is 7.58. The highest BCUT2D eigenvalue weighted by atomic mass is 32.2. The van der Waals surface area contributed by atoms with E-state index in [1.807, 2.05) is 6.08 Å². The van der Waals surface area contributed by atoms with Crippen molar-refractivity contribution in [1.29, 1.82) is 0 Å². The van der Waals surface area contributed by atoms with Gasteiger partial charge in [0, 0.05) is 10.6 Å². The summed E-state index contributed by atoms with van der Waals surface area (Å²) in [5.41, 5.74) is 0. The lowest BCUT2D eigenvalue weighted by atomic mass is 10.2. The fourth-order valence-electron chi connectivity index (χ4n) is 1.11. The smallest absolute Gasteiger partial charge is 0.152 e. The topological polar surface area (TPSA) is 17.1 Å². The van der Waals surface area contributed by atoms with Crippen LogP contribution in [0.4, 0.5) is 4.39 Å². The molecule has 0 saturated carbocycles. The predicted molar refractivity (Wildman–Crippen MR) is 66.1 cm³/mol. The van der Waals surface area contributed by atoms with Crippen molar-refractivity contribution in [3.05, 3.63) is 42.2 Å². The Kier molecular flexibility index (Phi) is 5.26. The number of carbonyl (C=O) groups excluding carboxylic acids is 1. The van der Waals surface area contributed by atoms with Crippen molar-refractivity contribution in [2.45, 2.75) is 18.7 Å². The molecular formula is C13H15FOS. The number of hydrogen-bond acceptors (Lipinski definition) is 2. The lowest BCUT2D eigenvalue weighted by molar-refractivity contribution is -0.112. The summed E-state index contributed by atoms with van der Waals surface area (Å²) in [7, 11) is 0. The van der Waals surface area contributed by atoms with Crippen LogP contribution < -0.4 is 0 Å². The van der Waals surface area contributed by atoms with Gasteiger partial charge in [-0.25, -0.2) is 4.39 Å². The van der Waals surface area contributed by atoms with E-state index in [2.05, 4.69) is 6.92 Å². The molecule has 0 amide bonds. The van der Waals surface area contributed by atoms with Crippen LogP contribution in [0.15, 0.2) is 41.3 Å². The van der Waals surface area contributed by atoms with Gasteiger partial charge in [-0.1, -0.05) is 13.0 Å². The maximum Gasteiger partial charge on any atom is 0.152 e. The van der Waals surface area contributed by atoms with E-state index in [-0.39, 0.29) is 11.6 Å². The van der Waals surface area contributed by atoms with E-state index in [0.29, 0.717) is 5.92 Å². The molecule has 1 aromatic carbocycles. The minimum absolute atomic E-state index is 0.0682. The highest BCUT2D eigenvalue weighted by Gasteiger charge is 2.00. The Morgan fingerprint density at radius 3 is 2.62 bits per heavy atom. The van der Waals surface area contributed by atoms with Crippen LogP contribution >= 0.6 is 11.8 Å². The van der Waals surface area contributed by atoms with Crippen LogP contribution in [0.1, 0.15) is 13.8 Å². The molecule has 1 atom stereocenters. The van der Waals surface area contributed by atoms with Gasteiger partial charge in [0.2, 0.25) is 0 Å². The molecule has 0 N–H and O–H groups in total. The Balaban J connectivity index is 2.39. The summed E-state index contributed by atoms with van der Waals surface area (Å²) in [6, 6.07) is 6.44. The molecule has 86 valence electrons. The standard InChI is InChI=1S/C13H15FOS/c1-10(3-4-11(2)15)9-16-13-7-5-12(14)6-8-13/h3-8,10H,9H2,1-2H3/b4-3+. The molecule has 0 heterocycles.